The summed E-state index contributed by atoms with van der Waals surface area (Å²) in [5, 5.41) is 7.60. The van der Waals surface area contributed by atoms with Gasteiger partial charge in [0, 0.05) is 27.4 Å². The Morgan fingerprint density at radius 2 is 1.61 bits per heavy atom. The third-order valence-electron chi connectivity index (χ3n) is 2.56. The van der Waals surface area contributed by atoms with Crippen molar-refractivity contribution in [1.82, 2.24) is 0 Å². The average Bonchev–Trinajstić information content (AvgIpc) is 2.42. The highest BCUT2D eigenvalue weighted by molar-refractivity contribution is 6.60. The summed E-state index contributed by atoms with van der Waals surface area (Å²) in [6.45, 7) is 2.49. The fraction of sp³-hybridized carbons (Fsp3) is 0.900. The second kappa shape index (κ2) is 11.6. The van der Waals surface area contributed by atoms with Gasteiger partial charge in [0.1, 0.15) is 0 Å². The summed E-state index contributed by atoms with van der Waals surface area (Å²) in [6, 6.07) is 0.795. The lowest BCUT2D eigenvalue weighted by atomic mass is 10.1. The summed E-state index contributed by atoms with van der Waals surface area (Å²) in [5.41, 5.74) is 10.2. The number of aliphatic carboxylic acids is 1. The van der Waals surface area contributed by atoms with Crippen molar-refractivity contribution in [2.45, 2.75) is 19.4 Å². The van der Waals surface area contributed by atoms with Crippen molar-refractivity contribution in [3.63, 3.8) is 0 Å². The molecule has 0 amide bonds. The van der Waals surface area contributed by atoms with Gasteiger partial charge in [-0.05, 0) is 12.5 Å². The van der Waals surface area contributed by atoms with Crippen LogP contribution in [-0.2, 0) is 18.1 Å². The van der Waals surface area contributed by atoms with Crippen molar-refractivity contribution < 1.29 is 23.2 Å². The van der Waals surface area contributed by atoms with E-state index in [9.17, 15) is 4.79 Å². The van der Waals surface area contributed by atoms with E-state index in [4.69, 9.17) is 24.1 Å². The van der Waals surface area contributed by atoms with Crippen LogP contribution in [0.25, 0.3) is 0 Å². The minimum atomic E-state index is -2.40. The van der Waals surface area contributed by atoms with E-state index in [0.29, 0.717) is 12.5 Å². The predicted octanol–water partition coefficient (Wildman–Crippen LogP) is -0.121. The third-order valence-corrected chi connectivity index (χ3v) is 5.50. The highest BCUT2D eigenvalue weighted by Crippen LogP contribution is 2.20. The fourth-order valence-corrected chi connectivity index (χ4v) is 3.41. The minimum Gasteiger partial charge on any atom is -0.480 e. The smallest absolute Gasteiger partial charge is 0.480 e. The van der Waals surface area contributed by atoms with Crippen LogP contribution in [0.4, 0.5) is 0 Å². The molecular formula is C10H26N2O5Si. The number of hydrogen-bond donors (Lipinski definition) is 3. The van der Waals surface area contributed by atoms with Crippen LogP contribution < -0.4 is 11.5 Å². The molecule has 0 fully saturated rings. The molecule has 7 nitrogen and oxygen atoms in total. The molecule has 0 aliphatic rings. The van der Waals surface area contributed by atoms with E-state index in [-0.39, 0.29) is 6.54 Å². The van der Waals surface area contributed by atoms with Gasteiger partial charge in [0.2, 0.25) is 0 Å². The zero-order chi connectivity index (χ0) is 14.6. The quantitative estimate of drug-likeness (QED) is 0.531. The van der Waals surface area contributed by atoms with Gasteiger partial charge in [-0.15, -0.1) is 0 Å². The van der Waals surface area contributed by atoms with Crippen molar-refractivity contribution in [2.24, 2.45) is 17.4 Å². The summed E-state index contributed by atoms with van der Waals surface area (Å²) in [6.07, 6.45) is 1.03. The number of carboxylic acids is 1. The van der Waals surface area contributed by atoms with Crippen molar-refractivity contribution in [3.8, 4) is 0 Å². The molecule has 0 aromatic carbocycles. The molecule has 0 bridgehead atoms. The Bertz CT molecular complexity index is 202. The molecule has 0 spiro atoms. The summed E-state index contributed by atoms with van der Waals surface area (Å²) in [4.78, 5) is 9.24. The molecule has 18 heavy (non-hydrogen) atoms. The Morgan fingerprint density at radius 3 is 1.78 bits per heavy atom. The summed E-state index contributed by atoms with van der Waals surface area (Å²) < 4.78 is 15.9. The van der Waals surface area contributed by atoms with Gasteiger partial charge in [0.15, 0.2) is 0 Å². The van der Waals surface area contributed by atoms with Crippen molar-refractivity contribution in [3.05, 3.63) is 0 Å². The zero-order valence-electron chi connectivity index (χ0n) is 11.6. The molecule has 0 saturated carbocycles. The zero-order valence-corrected chi connectivity index (χ0v) is 12.6. The van der Waals surface area contributed by atoms with E-state index in [1.54, 1.807) is 21.3 Å². The Balaban J connectivity index is 0. The first-order chi connectivity index (χ1) is 8.44. The van der Waals surface area contributed by atoms with Crippen molar-refractivity contribution in [1.29, 1.82) is 0 Å². The van der Waals surface area contributed by atoms with Gasteiger partial charge >= 0.3 is 14.8 Å². The van der Waals surface area contributed by atoms with E-state index in [0.717, 1.165) is 12.5 Å². The summed E-state index contributed by atoms with van der Waals surface area (Å²) in [5.74, 6) is -0.545. The van der Waals surface area contributed by atoms with Crippen LogP contribution in [0.1, 0.15) is 13.3 Å². The van der Waals surface area contributed by atoms with Crippen LogP contribution in [0.5, 0.6) is 0 Å². The third kappa shape index (κ3) is 8.56. The van der Waals surface area contributed by atoms with Crippen LogP contribution >= 0.6 is 0 Å². The molecule has 0 rings (SSSR count). The highest BCUT2D eigenvalue weighted by atomic mass is 28.4. The fourth-order valence-electron chi connectivity index (χ4n) is 1.25. The molecule has 1 unspecified atom stereocenters. The normalized spacial score (nSPS) is 12.6. The number of rotatable bonds is 8. The van der Waals surface area contributed by atoms with E-state index >= 15 is 0 Å². The molecule has 0 saturated heterocycles. The number of nitrogens with two attached hydrogens (primary N) is 2. The van der Waals surface area contributed by atoms with Crippen molar-refractivity contribution in [2.75, 3.05) is 34.4 Å². The van der Waals surface area contributed by atoms with Crippen molar-refractivity contribution >= 4 is 14.8 Å². The number of carbonyl (C=O) groups is 1. The molecule has 0 aliphatic carbocycles. The second-order valence-corrected chi connectivity index (χ2v) is 6.61. The Labute approximate surface area is 110 Å². The Hall–Kier alpha value is -0.513. The van der Waals surface area contributed by atoms with Gasteiger partial charge in [0.25, 0.3) is 0 Å². The first-order valence-electron chi connectivity index (χ1n) is 5.72. The SMILES string of the molecule is CCC(CN)C[Si](OC)(OC)OC.NCC(=O)O. The topological polar surface area (TPSA) is 117 Å². The molecule has 0 radical (unpaired) electrons. The first kappa shape index (κ1) is 19.8. The highest BCUT2D eigenvalue weighted by Gasteiger charge is 2.39. The van der Waals surface area contributed by atoms with Gasteiger partial charge in [-0.1, -0.05) is 13.3 Å². The van der Waals surface area contributed by atoms with Gasteiger partial charge < -0.3 is 29.9 Å². The Morgan fingerprint density at radius 1 is 1.22 bits per heavy atom. The van der Waals surface area contributed by atoms with Crippen LogP contribution in [0.3, 0.4) is 0 Å². The van der Waals surface area contributed by atoms with E-state index in [1.165, 1.54) is 0 Å². The lowest BCUT2D eigenvalue weighted by molar-refractivity contribution is -0.135. The van der Waals surface area contributed by atoms with Crippen LogP contribution in [0.2, 0.25) is 6.04 Å². The molecule has 5 N–H and O–H groups in total. The minimum absolute atomic E-state index is 0.278. The summed E-state index contributed by atoms with van der Waals surface area (Å²) in [7, 11) is 2.48. The molecule has 0 heterocycles. The molecule has 0 aromatic heterocycles. The molecule has 0 aliphatic heterocycles. The van der Waals surface area contributed by atoms with Crippen LogP contribution in [0.15, 0.2) is 0 Å². The van der Waals surface area contributed by atoms with E-state index in [2.05, 4.69) is 12.7 Å². The molecule has 0 aromatic rings. The maximum Gasteiger partial charge on any atom is 0.500 e. The molecule has 1 atom stereocenters. The maximum absolute atomic E-state index is 9.24. The van der Waals surface area contributed by atoms with Gasteiger partial charge in [-0.2, -0.15) is 0 Å². The van der Waals surface area contributed by atoms with E-state index in [1.807, 2.05) is 0 Å². The summed E-state index contributed by atoms with van der Waals surface area (Å²) >= 11 is 0. The molecular weight excluding hydrogens is 256 g/mol. The van der Waals surface area contributed by atoms with Crippen LogP contribution in [-0.4, -0.2) is 54.3 Å². The monoisotopic (exact) mass is 282 g/mol. The maximum atomic E-state index is 9.24. The Kier molecular flexibility index (Phi) is 12.7. The second-order valence-electron chi connectivity index (χ2n) is 3.61. The van der Waals surface area contributed by atoms with Gasteiger partial charge in [-0.3, -0.25) is 4.79 Å². The van der Waals surface area contributed by atoms with Gasteiger partial charge in [0.05, 0.1) is 6.54 Å². The molecule has 110 valence electrons. The first-order valence-corrected chi connectivity index (χ1v) is 7.65. The standard InChI is InChI=1S/C8H21NO3Si.C2H5NO2/c1-5-8(6-9)7-13(10-2,11-3)12-4;3-1-2(4)5/h8H,5-7,9H2,1-4H3;1,3H2,(H,4,5). The lowest BCUT2D eigenvalue weighted by Crippen LogP contribution is -2.45. The largest absolute Gasteiger partial charge is 0.500 e. The predicted molar refractivity (Wildman–Crippen MR) is 71.1 cm³/mol. The van der Waals surface area contributed by atoms with Crippen LogP contribution in [0, 0.1) is 5.92 Å². The molecule has 8 heteroatoms. The lowest BCUT2D eigenvalue weighted by Gasteiger charge is -2.27. The number of hydrogen-bond acceptors (Lipinski definition) is 6. The number of carboxylic acid groups (broad SMARTS) is 1. The average molecular weight is 282 g/mol. The van der Waals surface area contributed by atoms with Gasteiger partial charge in [-0.25, -0.2) is 0 Å². The van der Waals surface area contributed by atoms with E-state index < -0.39 is 14.8 Å².